The molecular formula is C22H30N2O2. The molecule has 26 heavy (non-hydrogen) atoms. The Hall–Kier alpha value is -1.71. The van der Waals surface area contributed by atoms with Gasteiger partial charge in [-0.05, 0) is 81.3 Å². The van der Waals surface area contributed by atoms with Crippen LogP contribution in [0.4, 0.5) is 5.69 Å². The normalized spacial score (nSPS) is 34.9. The van der Waals surface area contributed by atoms with Crippen molar-refractivity contribution in [2.24, 2.45) is 17.8 Å². The summed E-state index contributed by atoms with van der Waals surface area (Å²) in [6, 6.07) is 8.19. The Morgan fingerprint density at radius 3 is 2.38 bits per heavy atom. The first kappa shape index (κ1) is 16.5. The molecule has 0 unspecified atom stereocenters. The Bertz CT molecular complexity index is 645. The molecule has 4 heteroatoms. The number of carbonyl (C=O) groups is 1. The van der Waals surface area contributed by atoms with Crippen LogP contribution in [0.1, 0.15) is 51.4 Å². The number of nitrogens with one attached hydrogen (secondary N) is 1. The van der Waals surface area contributed by atoms with Crippen molar-refractivity contribution in [1.82, 2.24) is 5.32 Å². The number of nitrogens with zero attached hydrogens (tertiary/aromatic N) is 1. The summed E-state index contributed by atoms with van der Waals surface area (Å²) in [6.45, 7) is 2.37. The molecule has 1 heterocycles. The van der Waals surface area contributed by atoms with Gasteiger partial charge in [0.25, 0.3) is 5.91 Å². The molecule has 6 rings (SSSR count). The molecular weight excluding hydrogens is 324 g/mol. The van der Waals surface area contributed by atoms with Crippen molar-refractivity contribution in [2.45, 2.75) is 56.9 Å². The maximum Gasteiger partial charge on any atom is 0.258 e. The standard InChI is InChI=1S/C22H30N2O2/c25-21(23-22-12-16-8-17(13-22)10-18(9-16)14-22)15-26-20-5-3-4-19(11-20)24-6-1-2-7-24/h3-5,11,16-18H,1-2,6-10,12-15H2,(H,23,25). The molecule has 0 spiro atoms. The molecule has 5 aliphatic rings. The van der Waals surface area contributed by atoms with Crippen molar-refractivity contribution in [1.29, 1.82) is 0 Å². The smallest absolute Gasteiger partial charge is 0.258 e. The zero-order valence-corrected chi connectivity index (χ0v) is 15.6. The van der Waals surface area contributed by atoms with Crippen LogP contribution in [0.5, 0.6) is 5.75 Å². The first-order chi connectivity index (χ1) is 12.7. The Labute approximate surface area is 156 Å². The SMILES string of the molecule is O=C(COc1cccc(N2CCCC2)c1)NC12CC3CC(CC(C3)C1)C2. The van der Waals surface area contributed by atoms with E-state index in [-0.39, 0.29) is 18.1 Å². The first-order valence-electron chi connectivity index (χ1n) is 10.5. The summed E-state index contributed by atoms with van der Waals surface area (Å²) in [6.07, 6.45) is 10.3. The second kappa shape index (κ2) is 6.47. The predicted octanol–water partition coefficient (Wildman–Crippen LogP) is 3.75. The zero-order valence-electron chi connectivity index (χ0n) is 15.6. The second-order valence-corrected chi connectivity index (χ2v) is 9.23. The number of rotatable bonds is 5. The van der Waals surface area contributed by atoms with Gasteiger partial charge < -0.3 is 15.0 Å². The van der Waals surface area contributed by atoms with E-state index in [0.29, 0.717) is 0 Å². The second-order valence-electron chi connectivity index (χ2n) is 9.23. The van der Waals surface area contributed by atoms with Crippen LogP contribution in [-0.2, 0) is 4.79 Å². The summed E-state index contributed by atoms with van der Waals surface area (Å²) >= 11 is 0. The van der Waals surface area contributed by atoms with Gasteiger partial charge in [0, 0.05) is 30.4 Å². The fraction of sp³-hybridized carbons (Fsp3) is 0.682. The minimum atomic E-state index is 0.0542. The maximum atomic E-state index is 12.6. The number of hydrogen-bond acceptors (Lipinski definition) is 3. The predicted molar refractivity (Wildman–Crippen MR) is 102 cm³/mol. The fourth-order valence-corrected chi connectivity index (χ4v) is 6.49. The summed E-state index contributed by atoms with van der Waals surface area (Å²) in [5.74, 6) is 3.40. The molecule has 4 nitrogen and oxygen atoms in total. The summed E-state index contributed by atoms with van der Waals surface area (Å²) < 4.78 is 5.84. The van der Waals surface area contributed by atoms with E-state index in [4.69, 9.17) is 4.74 Å². The highest BCUT2D eigenvalue weighted by Gasteiger charge is 2.51. The van der Waals surface area contributed by atoms with E-state index >= 15 is 0 Å². The van der Waals surface area contributed by atoms with Crippen LogP contribution >= 0.6 is 0 Å². The molecule has 1 N–H and O–H groups in total. The fourth-order valence-electron chi connectivity index (χ4n) is 6.49. The molecule has 1 aromatic rings. The first-order valence-corrected chi connectivity index (χ1v) is 10.5. The highest BCUT2D eigenvalue weighted by Crippen LogP contribution is 2.55. The molecule has 1 aromatic carbocycles. The highest BCUT2D eigenvalue weighted by molar-refractivity contribution is 5.78. The Morgan fingerprint density at radius 1 is 1.08 bits per heavy atom. The monoisotopic (exact) mass is 354 g/mol. The molecule has 1 aliphatic heterocycles. The minimum absolute atomic E-state index is 0.0542. The lowest BCUT2D eigenvalue weighted by atomic mass is 9.53. The van der Waals surface area contributed by atoms with Gasteiger partial charge in [0.1, 0.15) is 5.75 Å². The summed E-state index contributed by atoms with van der Waals surface area (Å²) in [5.41, 5.74) is 1.29. The molecule has 4 aliphatic carbocycles. The van der Waals surface area contributed by atoms with Gasteiger partial charge in [-0.3, -0.25) is 4.79 Å². The average Bonchev–Trinajstić information content (AvgIpc) is 3.13. The van der Waals surface area contributed by atoms with Gasteiger partial charge >= 0.3 is 0 Å². The molecule has 1 amide bonds. The van der Waals surface area contributed by atoms with Crippen LogP contribution in [-0.4, -0.2) is 31.1 Å². The van der Waals surface area contributed by atoms with Gasteiger partial charge in [-0.1, -0.05) is 6.07 Å². The topological polar surface area (TPSA) is 41.6 Å². The van der Waals surface area contributed by atoms with Crippen molar-refractivity contribution in [2.75, 3.05) is 24.6 Å². The van der Waals surface area contributed by atoms with Crippen LogP contribution in [0, 0.1) is 17.8 Å². The van der Waals surface area contributed by atoms with E-state index in [0.717, 1.165) is 36.6 Å². The number of ether oxygens (including phenoxy) is 1. The van der Waals surface area contributed by atoms with E-state index in [2.05, 4.69) is 22.3 Å². The van der Waals surface area contributed by atoms with E-state index in [9.17, 15) is 4.79 Å². The third kappa shape index (κ3) is 3.19. The van der Waals surface area contributed by atoms with Crippen molar-refractivity contribution in [3.05, 3.63) is 24.3 Å². The average molecular weight is 354 g/mol. The van der Waals surface area contributed by atoms with Crippen LogP contribution in [0.3, 0.4) is 0 Å². The summed E-state index contributed by atoms with van der Waals surface area (Å²) in [7, 11) is 0. The van der Waals surface area contributed by atoms with Crippen LogP contribution in [0.15, 0.2) is 24.3 Å². The van der Waals surface area contributed by atoms with Crippen molar-refractivity contribution < 1.29 is 9.53 Å². The Morgan fingerprint density at radius 2 is 1.73 bits per heavy atom. The zero-order chi connectivity index (χ0) is 17.6. The quantitative estimate of drug-likeness (QED) is 0.875. The number of carbonyl (C=O) groups excluding carboxylic acids is 1. The number of hydrogen-bond donors (Lipinski definition) is 1. The number of amides is 1. The van der Waals surface area contributed by atoms with Crippen molar-refractivity contribution in [3.8, 4) is 5.75 Å². The van der Waals surface area contributed by atoms with Crippen LogP contribution in [0.25, 0.3) is 0 Å². The van der Waals surface area contributed by atoms with E-state index in [1.807, 2.05) is 12.1 Å². The van der Waals surface area contributed by atoms with Crippen molar-refractivity contribution >= 4 is 11.6 Å². The lowest BCUT2D eigenvalue weighted by Crippen LogP contribution is -2.60. The Kier molecular flexibility index (Phi) is 4.10. The molecule has 140 valence electrons. The molecule has 0 radical (unpaired) electrons. The molecule has 4 saturated carbocycles. The van der Waals surface area contributed by atoms with Gasteiger partial charge in [0.05, 0.1) is 0 Å². The summed E-state index contributed by atoms with van der Waals surface area (Å²) in [4.78, 5) is 15.0. The minimum Gasteiger partial charge on any atom is -0.484 e. The highest BCUT2D eigenvalue weighted by atomic mass is 16.5. The van der Waals surface area contributed by atoms with E-state index in [1.165, 1.54) is 57.1 Å². The van der Waals surface area contributed by atoms with Gasteiger partial charge in [0.2, 0.25) is 0 Å². The molecule has 0 atom stereocenters. The lowest BCUT2D eigenvalue weighted by Gasteiger charge is -2.56. The molecule has 1 saturated heterocycles. The van der Waals surface area contributed by atoms with Gasteiger partial charge in [0.15, 0.2) is 6.61 Å². The third-order valence-electron chi connectivity index (χ3n) is 7.10. The molecule has 4 bridgehead atoms. The lowest BCUT2D eigenvalue weighted by molar-refractivity contribution is -0.128. The van der Waals surface area contributed by atoms with E-state index < -0.39 is 0 Å². The maximum absolute atomic E-state index is 12.6. The van der Waals surface area contributed by atoms with E-state index in [1.54, 1.807) is 0 Å². The number of benzene rings is 1. The Balaban J connectivity index is 1.18. The van der Waals surface area contributed by atoms with Gasteiger partial charge in [-0.15, -0.1) is 0 Å². The van der Waals surface area contributed by atoms with Crippen LogP contribution < -0.4 is 15.0 Å². The largest absolute Gasteiger partial charge is 0.484 e. The van der Waals surface area contributed by atoms with Crippen molar-refractivity contribution in [3.63, 3.8) is 0 Å². The number of anilines is 1. The van der Waals surface area contributed by atoms with Gasteiger partial charge in [-0.2, -0.15) is 0 Å². The molecule has 0 aromatic heterocycles. The third-order valence-corrected chi connectivity index (χ3v) is 7.10. The summed E-state index contributed by atoms with van der Waals surface area (Å²) in [5, 5.41) is 3.39. The van der Waals surface area contributed by atoms with Gasteiger partial charge in [-0.25, -0.2) is 0 Å². The van der Waals surface area contributed by atoms with Crippen LogP contribution in [0.2, 0.25) is 0 Å². The molecule has 5 fully saturated rings.